The van der Waals surface area contributed by atoms with E-state index in [1.54, 1.807) is 5.32 Å². The van der Waals surface area contributed by atoms with Gasteiger partial charge in [0.05, 0.1) is 0 Å². The summed E-state index contributed by atoms with van der Waals surface area (Å²) in [6.07, 6.45) is -4.55. The van der Waals surface area contributed by atoms with Gasteiger partial charge in [-0.2, -0.15) is 13.2 Å². The zero-order valence-corrected chi connectivity index (χ0v) is 12.5. The predicted octanol–water partition coefficient (Wildman–Crippen LogP) is 3.51. The van der Waals surface area contributed by atoms with Gasteiger partial charge >= 0.3 is 6.18 Å². The maximum Gasteiger partial charge on any atom is 0.405 e. The molecule has 2 amide bonds. The van der Waals surface area contributed by atoms with Crippen LogP contribution in [0.5, 0.6) is 0 Å². The Morgan fingerprint density at radius 1 is 0.880 bits per heavy atom. The second kappa shape index (κ2) is 7.29. The molecule has 0 spiro atoms. The van der Waals surface area contributed by atoms with E-state index in [4.69, 9.17) is 0 Å². The van der Waals surface area contributed by atoms with E-state index in [1.165, 1.54) is 18.2 Å². The predicted molar refractivity (Wildman–Crippen MR) is 79.1 cm³/mol. The minimum absolute atomic E-state index is 0.0781. The maximum absolute atomic E-state index is 13.1. The number of benzene rings is 2. The van der Waals surface area contributed by atoms with Crippen LogP contribution in [0.15, 0.2) is 42.5 Å². The molecule has 0 fully saturated rings. The standard InChI is InChI=1S/C16H11F5N2O2/c17-11-4-10(5-12(18)7-11)15(25)23-13-3-1-2-9(6-13)14(24)22-8-16(19,20)21/h1-7H,8H2,(H,22,24)(H,23,25). The van der Waals surface area contributed by atoms with Crippen LogP contribution in [-0.2, 0) is 0 Å². The van der Waals surface area contributed by atoms with Gasteiger partial charge in [-0.1, -0.05) is 6.07 Å². The fraction of sp³-hybridized carbons (Fsp3) is 0.125. The zero-order valence-electron chi connectivity index (χ0n) is 12.5. The van der Waals surface area contributed by atoms with E-state index in [2.05, 4.69) is 5.32 Å². The molecule has 132 valence electrons. The van der Waals surface area contributed by atoms with Crippen LogP contribution >= 0.6 is 0 Å². The number of carbonyl (C=O) groups excluding carboxylic acids is 2. The van der Waals surface area contributed by atoms with Gasteiger partial charge < -0.3 is 10.6 Å². The third-order valence-electron chi connectivity index (χ3n) is 2.96. The Labute approximate surface area is 138 Å². The number of halogens is 5. The summed E-state index contributed by atoms with van der Waals surface area (Å²) >= 11 is 0. The first-order valence-electron chi connectivity index (χ1n) is 6.86. The van der Waals surface area contributed by atoms with Crippen molar-refractivity contribution in [3.63, 3.8) is 0 Å². The minimum atomic E-state index is -4.55. The van der Waals surface area contributed by atoms with E-state index < -0.39 is 36.2 Å². The Morgan fingerprint density at radius 2 is 1.52 bits per heavy atom. The normalized spacial score (nSPS) is 11.1. The number of rotatable bonds is 4. The molecule has 0 unspecified atom stereocenters. The van der Waals surface area contributed by atoms with Gasteiger partial charge in [0.15, 0.2) is 0 Å². The lowest BCUT2D eigenvalue weighted by atomic mass is 10.1. The average Bonchev–Trinajstić information content (AvgIpc) is 2.51. The number of hydrogen-bond acceptors (Lipinski definition) is 2. The molecule has 0 heterocycles. The summed E-state index contributed by atoms with van der Waals surface area (Å²) in [5, 5.41) is 4.00. The molecule has 2 aromatic rings. The first-order chi connectivity index (χ1) is 11.6. The second-order valence-corrected chi connectivity index (χ2v) is 4.99. The van der Waals surface area contributed by atoms with Crippen LogP contribution in [0.4, 0.5) is 27.6 Å². The van der Waals surface area contributed by atoms with Gasteiger partial charge in [0.2, 0.25) is 0 Å². The Kier molecular flexibility index (Phi) is 5.35. The summed E-state index contributed by atoms with van der Waals surface area (Å²) in [4.78, 5) is 23.6. The summed E-state index contributed by atoms with van der Waals surface area (Å²) < 4.78 is 62.5. The second-order valence-electron chi connectivity index (χ2n) is 4.99. The van der Waals surface area contributed by atoms with Crippen LogP contribution < -0.4 is 10.6 Å². The SMILES string of the molecule is O=C(NCC(F)(F)F)c1cccc(NC(=O)c2cc(F)cc(F)c2)c1. The van der Waals surface area contributed by atoms with E-state index in [0.29, 0.717) is 6.07 Å². The van der Waals surface area contributed by atoms with Crippen molar-refractivity contribution >= 4 is 17.5 Å². The Morgan fingerprint density at radius 3 is 2.12 bits per heavy atom. The lowest BCUT2D eigenvalue weighted by Gasteiger charge is -2.10. The molecular formula is C16H11F5N2O2. The van der Waals surface area contributed by atoms with Crippen molar-refractivity contribution in [2.75, 3.05) is 11.9 Å². The quantitative estimate of drug-likeness (QED) is 0.822. The number of hydrogen-bond donors (Lipinski definition) is 2. The topological polar surface area (TPSA) is 58.2 Å². The average molecular weight is 358 g/mol. The molecule has 4 nitrogen and oxygen atoms in total. The Bertz CT molecular complexity index is 785. The summed E-state index contributed by atoms with van der Waals surface area (Å²) in [6.45, 7) is -1.50. The number of carbonyl (C=O) groups is 2. The van der Waals surface area contributed by atoms with Gasteiger partial charge in [0.25, 0.3) is 11.8 Å². The Hall–Kier alpha value is -2.97. The van der Waals surface area contributed by atoms with E-state index in [-0.39, 0.29) is 16.8 Å². The van der Waals surface area contributed by atoms with Crippen LogP contribution in [0.25, 0.3) is 0 Å². The lowest BCUT2D eigenvalue weighted by molar-refractivity contribution is -0.123. The molecule has 2 aromatic carbocycles. The van der Waals surface area contributed by atoms with Crippen molar-refractivity contribution in [2.45, 2.75) is 6.18 Å². The number of amides is 2. The molecule has 0 atom stereocenters. The largest absolute Gasteiger partial charge is 0.405 e. The highest BCUT2D eigenvalue weighted by Gasteiger charge is 2.27. The van der Waals surface area contributed by atoms with Gasteiger partial charge in [-0.15, -0.1) is 0 Å². The van der Waals surface area contributed by atoms with Gasteiger partial charge in [-0.3, -0.25) is 9.59 Å². The molecule has 25 heavy (non-hydrogen) atoms. The van der Waals surface area contributed by atoms with E-state index in [0.717, 1.165) is 18.2 Å². The van der Waals surface area contributed by atoms with Crippen LogP contribution in [0.3, 0.4) is 0 Å². The molecule has 0 aromatic heterocycles. The van der Waals surface area contributed by atoms with Gasteiger partial charge in [-0.05, 0) is 30.3 Å². The number of alkyl halides is 3. The molecule has 0 aliphatic carbocycles. The maximum atomic E-state index is 13.1. The summed E-state index contributed by atoms with van der Waals surface area (Å²) in [5.74, 6) is -3.70. The molecular weight excluding hydrogens is 347 g/mol. The monoisotopic (exact) mass is 358 g/mol. The number of anilines is 1. The van der Waals surface area contributed by atoms with E-state index >= 15 is 0 Å². The zero-order chi connectivity index (χ0) is 18.6. The molecule has 0 saturated heterocycles. The lowest BCUT2D eigenvalue weighted by Crippen LogP contribution is -2.33. The molecule has 0 aliphatic heterocycles. The Balaban J connectivity index is 2.10. The van der Waals surface area contributed by atoms with Crippen LogP contribution in [0, 0.1) is 11.6 Å². The molecule has 0 bridgehead atoms. The van der Waals surface area contributed by atoms with Crippen molar-refractivity contribution in [3.05, 3.63) is 65.2 Å². The summed E-state index contributed by atoms with van der Waals surface area (Å²) in [6, 6.07) is 7.33. The van der Waals surface area contributed by atoms with Crippen molar-refractivity contribution in [3.8, 4) is 0 Å². The van der Waals surface area contributed by atoms with Gasteiger partial charge in [0.1, 0.15) is 18.2 Å². The fourth-order valence-electron chi connectivity index (χ4n) is 1.91. The third kappa shape index (κ3) is 5.55. The molecule has 0 radical (unpaired) electrons. The smallest absolute Gasteiger partial charge is 0.343 e. The molecule has 0 aliphatic rings. The van der Waals surface area contributed by atoms with Crippen molar-refractivity contribution < 1.29 is 31.5 Å². The fourth-order valence-corrected chi connectivity index (χ4v) is 1.91. The molecule has 2 N–H and O–H groups in total. The molecule has 0 saturated carbocycles. The third-order valence-corrected chi connectivity index (χ3v) is 2.96. The highest BCUT2D eigenvalue weighted by Crippen LogP contribution is 2.16. The van der Waals surface area contributed by atoms with Crippen LogP contribution in [-0.4, -0.2) is 24.5 Å². The van der Waals surface area contributed by atoms with E-state index in [9.17, 15) is 31.5 Å². The molecule has 9 heteroatoms. The van der Waals surface area contributed by atoms with Gasteiger partial charge in [-0.25, -0.2) is 8.78 Å². The highest BCUT2D eigenvalue weighted by molar-refractivity contribution is 6.05. The van der Waals surface area contributed by atoms with Crippen LogP contribution in [0.2, 0.25) is 0 Å². The molecule has 2 rings (SSSR count). The van der Waals surface area contributed by atoms with Crippen molar-refractivity contribution in [2.24, 2.45) is 0 Å². The minimum Gasteiger partial charge on any atom is -0.343 e. The van der Waals surface area contributed by atoms with Crippen LogP contribution in [0.1, 0.15) is 20.7 Å². The van der Waals surface area contributed by atoms with Crippen molar-refractivity contribution in [1.82, 2.24) is 5.32 Å². The first-order valence-corrected chi connectivity index (χ1v) is 6.86. The summed E-state index contributed by atoms with van der Waals surface area (Å²) in [5.41, 5.74) is -0.328. The van der Waals surface area contributed by atoms with Gasteiger partial charge in [0, 0.05) is 22.9 Å². The highest BCUT2D eigenvalue weighted by atomic mass is 19.4. The number of nitrogens with one attached hydrogen (secondary N) is 2. The summed E-state index contributed by atoms with van der Waals surface area (Å²) in [7, 11) is 0. The first kappa shape index (κ1) is 18.4. The van der Waals surface area contributed by atoms with Crippen molar-refractivity contribution in [1.29, 1.82) is 0 Å². The van der Waals surface area contributed by atoms with E-state index in [1.807, 2.05) is 0 Å².